The Hall–Kier alpha value is -2.90. The number of rotatable bonds is 11. The van der Waals surface area contributed by atoms with Crippen LogP contribution in [0.1, 0.15) is 67.2 Å². The van der Waals surface area contributed by atoms with Crippen LogP contribution in [-0.4, -0.2) is 85.3 Å². The van der Waals surface area contributed by atoms with Crippen molar-refractivity contribution in [2.45, 2.75) is 83.4 Å². The lowest BCUT2D eigenvalue weighted by atomic mass is 9.85. The molecule has 1 aliphatic rings. The highest BCUT2D eigenvalue weighted by Crippen LogP contribution is 2.34. The first-order chi connectivity index (χ1) is 18.8. The number of benzene rings is 1. The molecule has 12 nitrogen and oxygen atoms in total. The Morgan fingerprint density at radius 1 is 1.07 bits per heavy atom. The Bertz CT molecular complexity index is 1170. The van der Waals surface area contributed by atoms with Crippen molar-refractivity contribution in [2.75, 3.05) is 33.3 Å². The maximum absolute atomic E-state index is 13.8. The van der Waals surface area contributed by atoms with Gasteiger partial charge in [0, 0.05) is 39.0 Å². The molecular weight excluding hydrogens is 552 g/mol. The minimum absolute atomic E-state index is 0.158. The number of sulfonamides is 1. The van der Waals surface area contributed by atoms with Gasteiger partial charge in [0.05, 0.1) is 12.0 Å². The molecule has 232 valence electrons. The number of aliphatic hydroxyl groups is 1. The summed E-state index contributed by atoms with van der Waals surface area (Å²) in [5.74, 6) is -0.961. The lowest BCUT2D eigenvalue weighted by Gasteiger charge is -2.40. The van der Waals surface area contributed by atoms with E-state index in [1.54, 1.807) is 46.4 Å². The fourth-order valence-corrected chi connectivity index (χ4v) is 6.32. The van der Waals surface area contributed by atoms with E-state index in [0.717, 1.165) is 0 Å². The van der Waals surface area contributed by atoms with Crippen LogP contribution in [0.25, 0.3) is 0 Å². The largest absolute Gasteiger partial charge is 0.497 e. The number of hydrogen-bond donors (Lipinski definition) is 3. The molecule has 1 fully saturated rings. The highest BCUT2D eigenvalue weighted by atomic mass is 32.2. The Kier molecular flexibility index (Phi) is 11.2. The summed E-state index contributed by atoms with van der Waals surface area (Å²) in [5, 5.41) is 14.3. The molecule has 3 amide bonds. The summed E-state index contributed by atoms with van der Waals surface area (Å²) in [7, 11) is -3.02. The van der Waals surface area contributed by atoms with Gasteiger partial charge in [0.1, 0.15) is 11.4 Å². The molecule has 0 aliphatic carbocycles. The highest BCUT2D eigenvalue weighted by molar-refractivity contribution is 7.89. The number of nitrogens with two attached hydrogens (primary N) is 1. The first-order valence-corrected chi connectivity index (χ1v) is 15.2. The summed E-state index contributed by atoms with van der Waals surface area (Å²) >= 11 is 0. The summed E-state index contributed by atoms with van der Waals surface area (Å²) in [6.45, 7) is 11.4. The molecule has 1 aromatic carbocycles. The zero-order valence-corrected chi connectivity index (χ0v) is 26.0. The zero-order chi connectivity index (χ0) is 31.2. The van der Waals surface area contributed by atoms with E-state index in [2.05, 4.69) is 5.32 Å². The van der Waals surface area contributed by atoms with Gasteiger partial charge in [-0.05, 0) is 69.2 Å². The van der Waals surface area contributed by atoms with Crippen molar-refractivity contribution in [1.29, 1.82) is 0 Å². The molecule has 0 radical (unpaired) electrons. The molecular formula is C28H46N4O8S. The molecule has 1 atom stereocenters. The first-order valence-electron chi connectivity index (χ1n) is 13.7. The number of methoxy groups -OCH3 is 1. The number of carbonyl (C=O) groups is 3. The number of alkyl carbamates (subject to hydrolysis) is 1. The lowest BCUT2D eigenvalue weighted by Crippen LogP contribution is -2.61. The number of nitrogens with zero attached hydrogens (tertiary/aromatic N) is 2. The van der Waals surface area contributed by atoms with Gasteiger partial charge in [-0.15, -0.1) is 0 Å². The Morgan fingerprint density at radius 3 is 2.10 bits per heavy atom. The summed E-state index contributed by atoms with van der Waals surface area (Å²) in [5.41, 5.74) is 1.75. The third-order valence-corrected chi connectivity index (χ3v) is 8.59. The van der Waals surface area contributed by atoms with Crippen LogP contribution in [0.3, 0.4) is 0 Å². The number of hydrogen-bond acceptors (Lipinski definition) is 8. The van der Waals surface area contributed by atoms with Crippen molar-refractivity contribution in [3.8, 4) is 5.75 Å². The number of piperidine rings is 1. The molecule has 1 aliphatic heterocycles. The summed E-state index contributed by atoms with van der Waals surface area (Å²) < 4.78 is 38.5. The first kappa shape index (κ1) is 34.3. The molecule has 41 heavy (non-hydrogen) atoms. The highest BCUT2D eigenvalue weighted by Gasteiger charge is 2.49. The number of likely N-dealkylation sites (tertiary alicyclic amines) is 1. The summed E-state index contributed by atoms with van der Waals surface area (Å²) in [6, 6.07) is 5.51. The number of ether oxygens (including phenoxy) is 2. The molecule has 0 saturated carbocycles. The standard InChI is InChI=1S/C28H46N4O8S/c1-26(2,3)19-28(36,24(29)34)32(41(37,38)22-10-8-21(39-7)9-11-22)17-14-23(33)31-15-12-20(13-16-31)18-30-25(35)40-27(4,5)6/h8-11,20,36H,12-19H2,1-7H3,(H2,29,34)(H,30,35). The second kappa shape index (κ2) is 13.4. The molecule has 2 rings (SSSR count). The third-order valence-electron chi connectivity index (χ3n) is 6.66. The van der Waals surface area contributed by atoms with E-state index in [1.807, 2.05) is 0 Å². The maximum Gasteiger partial charge on any atom is 0.407 e. The van der Waals surface area contributed by atoms with Gasteiger partial charge in [-0.1, -0.05) is 20.8 Å². The quantitative estimate of drug-likeness (QED) is 0.326. The van der Waals surface area contributed by atoms with E-state index >= 15 is 0 Å². The van der Waals surface area contributed by atoms with Gasteiger partial charge in [-0.2, -0.15) is 4.31 Å². The fourth-order valence-electron chi connectivity index (χ4n) is 4.70. The predicted octanol–water partition coefficient (Wildman–Crippen LogP) is 2.45. The van der Waals surface area contributed by atoms with Crippen LogP contribution >= 0.6 is 0 Å². The molecule has 1 aromatic rings. The Morgan fingerprint density at radius 2 is 1.63 bits per heavy atom. The predicted molar refractivity (Wildman–Crippen MR) is 153 cm³/mol. The average molecular weight is 599 g/mol. The van der Waals surface area contributed by atoms with E-state index in [4.69, 9.17) is 15.2 Å². The minimum Gasteiger partial charge on any atom is -0.497 e. The molecule has 4 N–H and O–H groups in total. The van der Waals surface area contributed by atoms with Crippen molar-refractivity contribution >= 4 is 27.9 Å². The molecule has 1 heterocycles. The van der Waals surface area contributed by atoms with Gasteiger partial charge in [0.2, 0.25) is 21.7 Å². The molecule has 1 saturated heterocycles. The van der Waals surface area contributed by atoms with E-state index in [0.29, 0.717) is 42.5 Å². The SMILES string of the molecule is COc1ccc(S(=O)(=O)N(CCC(=O)N2CCC(CNC(=O)OC(C)(C)C)CC2)C(O)(CC(C)(C)C)C(N)=O)cc1. The fraction of sp³-hybridized carbons (Fsp3) is 0.679. The Labute approximate surface area is 243 Å². The van der Waals surface area contributed by atoms with Crippen LogP contribution in [-0.2, 0) is 24.3 Å². The van der Waals surface area contributed by atoms with E-state index in [1.165, 1.54) is 31.4 Å². The number of carbonyl (C=O) groups excluding carboxylic acids is 3. The molecule has 0 spiro atoms. The normalized spacial score (nSPS) is 16.7. The van der Waals surface area contributed by atoms with Crippen molar-refractivity contribution in [3.05, 3.63) is 24.3 Å². The van der Waals surface area contributed by atoms with Crippen LogP contribution in [0.2, 0.25) is 0 Å². The summed E-state index contributed by atoms with van der Waals surface area (Å²) in [6.07, 6.45) is 0.242. The van der Waals surface area contributed by atoms with Gasteiger partial charge >= 0.3 is 6.09 Å². The number of amides is 3. The van der Waals surface area contributed by atoms with Crippen molar-refractivity contribution in [2.24, 2.45) is 17.1 Å². The van der Waals surface area contributed by atoms with Crippen molar-refractivity contribution in [3.63, 3.8) is 0 Å². The van der Waals surface area contributed by atoms with E-state index < -0.39 is 45.3 Å². The van der Waals surface area contributed by atoms with Crippen LogP contribution < -0.4 is 15.8 Å². The maximum atomic E-state index is 13.8. The summed E-state index contributed by atoms with van der Waals surface area (Å²) in [4.78, 5) is 39.1. The van der Waals surface area contributed by atoms with Gasteiger partial charge in [0.25, 0.3) is 5.91 Å². The minimum atomic E-state index is -4.46. The smallest absolute Gasteiger partial charge is 0.407 e. The molecule has 13 heteroatoms. The number of primary amides is 1. The van der Waals surface area contributed by atoms with Crippen molar-refractivity contribution < 1.29 is 37.4 Å². The molecule has 1 unspecified atom stereocenters. The van der Waals surface area contributed by atoms with Gasteiger partial charge in [-0.3, -0.25) is 9.59 Å². The van der Waals surface area contributed by atoms with E-state index in [9.17, 15) is 27.9 Å². The molecule has 0 bridgehead atoms. The average Bonchev–Trinajstić information content (AvgIpc) is 2.85. The van der Waals surface area contributed by atoms with E-state index in [-0.39, 0.29) is 29.6 Å². The Balaban J connectivity index is 2.16. The van der Waals surface area contributed by atoms with Gasteiger partial charge in [-0.25, -0.2) is 13.2 Å². The molecule has 0 aromatic heterocycles. The number of nitrogens with one attached hydrogen (secondary N) is 1. The second-order valence-corrected chi connectivity index (χ2v) is 14.5. The van der Waals surface area contributed by atoms with Gasteiger partial charge < -0.3 is 30.5 Å². The van der Waals surface area contributed by atoms with Crippen LogP contribution in [0.5, 0.6) is 5.75 Å². The van der Waals surface area contributed by atoms with Crippen LogP contribution in [0.4, 0.5) is 4.79 Å². The lowest BCUT2D eigenvalue weighted by molar-refractivity contribution is -0.156. The van der Waals surface area contributed by atoms with Crippen LogP contribution in [0.15, 0.2) is 29.2 Å². The van der Waals surface area contributed by atoms with Gasteiger partial charge in [0.15, 0.2) is 0 Å². The topological polar surface area (TPSA) is 169 Å². The monoisotopic (exact) mass is 598 g/mol. The van der Waals surface area contributed by atoms with Crippen molar-refractivity contribution in [1.82, 2.24) is 14.5 Å². The second-order valence-electron chi connectivity index (χ2n) is 12.6. The zero-order valence-electron chi connectivity index (χ0n) is 25.2. The third kappa shape index (κ3) is 9.86. The van der Waals surface area contributed by atoms with Crippen LogP contribution in [0, 0.1) is 11.3 Å².